The van der Waals surface area contributed by atoms with Crippen LogP contribution in [-0.2, 0) is 0 Å². The largest absolute Gasteiger partial charge is 0.313 e. The summed E-state index contributed by atoms with van der Waals surface area (Å²) in [5.74, 6) is 0.0223. The van der Waals surface area contributed by atoms with E-state index in [-0.39, 0.29) is 5.82 Å². The van der Waals surface area contributed by atoms with Crippen LogP contribution >= 0.6 is 11.6 Å². The summed E-state index contributed by atoms with van der Waals surface area (Å²) in [6.45, 7) is 7.50. The number of rotatable bonds is 7. The van der Waals surface area contributed by atoms with Gasteiger partial charge >= 0.3 is 0 Å². The Morgan fingerprint density at radius 1 is 1.28 bits per heavy atom. The molecule has 2 atom stereocenters. The molecule has 0 aliphatic carbocycles. The Morgan fingerprint density at radius 2 is 2.00 bits per heavy atom. The Bertz CT molecular complexity index is 368. The smallest absolute Gasteiger partial charge is 0.124 e. The summed E-state index contributed by atoms with van der Waals surface area (Å²) in [6.07, 6.45) is 3.35. The molecule has 3 heteroatoms. The average Bonchev–Trinajstić information content (AvgIpc) is 2.33. The Balaban J connectivity index is 2.83. The molecule has 18 heavy (non-hydrogen) atoms. The van der Waals surface area contributed by atoms with Crippen molar-refractivity contribution in [2.24, 2.45) is 0 Å². The van der Waals surface area contributed by atoms with Crippen molar-refractivity contribution >= 4 is 11.6 Å². The van der Waals surface area contributed by atoms with Crippen LogP contribution in [0.4, 0.5) is 4.39 Å². The standard InChI is InChI=1S/C15H23ClFN/c1-4-6-15(18-9-5-2)11(3)13-8-7-12(17)10-14(13)16/h7-8,10-11,15,18H,4-6,9H2,1-3H3. The van der Waals surface area contributed by atoms with Crippen molar-refractivity contribution in [2.75, 3.05) is 6.54 Å². The number of halogens is 2. The molecule has 1 aromatic carbocycles. The lowest BCUT2D eigenvalue weighted by molar-refractivity contribution is 0.420. The first-order chi connectivity index (χ1) is 8.60. The molecule has 0 saturated carbocycles. The van der Waals surface area contributed by atoms with E-state index in [9.17, 15) is 4.39 Å². The number of benzene rings is 1. The molecular formula is C15H23ClFN. The molecular weight excluding hydrogens is 249 g/mol. The second-order valence-electron chi connectivity index (χ2n) is 4.80. The SMILES string of the molecule is CCCNC(CCC)C(C)c1ccc(F)cc1Cl. The molecule has 102 valence electrons. The van der Waals surface area contributed by atoms with E-state index in [1.165, 1.54) is 12.1 Å². The molecule has 0 heterocycles. The van der Waals surface area contributed by atoms with Gasteiger partial charge in [0.15, 0.2) is 0 Å². The van der Waals surface area contributed by atoms with Crippen molar-refractivity contribution in [3.05, 3.63) is 34.6 Å². The molecule has 1 nitrogen and oxygen atoms in total. The normalized spacial score (nSPS) is 14.5. The number of hydrogen-bond acceptors (Lipinski definition) is 1. The molecule has 0 bridgehead atoms. The van der Waals surface area contributed by atoms with Gasteiger partial charge in [0, 0.05) is 11.1 Å². The minimum Gasteiger partial charge on any atom is -0.313 e. The maximum Gasteiger partial charge on any atom is 0.124 e. The fourth-order valence-electron chi connectivity index (χ4n) is 2.26. The molecule has 0 spiro atoms. The maximum absolute atomic E-state index is 13.1. The highest BCUT2D eigenvalue weighted by Gasteiger charge is 2.19. The summed E-state index contributed by atoms with van der Waals surface area (Å²) < 4.78 is 13.1. The van der Waals surface area contributed by atoms with Gasteiger partial charge in [0.05, 0.1) is 0 Å². The second kappa shape index (κ2) is 7.75. The third-order valence-electron chi connectivity index (χ3n) is 3.31. The van der Waals surface area contributed by atoms with E-state index in [1.807, 2.05) is 0 Å². The minimum atomic E-state index is -0.274. The Kier molecular flexibility index (Phi) is 6.66. The fraction of sp³-hybridized carbons (Fsp3) is 0.600. The average molecular weight is 272 g/mol. The van der Waals surface area contributed by atoms with Crippen LogP contribution in [0.2, 0.25) is 5.02 Å². The van der Waals surface area contributed by atoms with Crippen LogP contribution in [-0.4, -0.2) is 12.6 Å². The predicted molar refractivity (Wildman–Crippen MR) is 76.8 cm³/mol. The molecule has 0 aromatic heterocycles. The van der Waals surface area contributed by atoms with Crippen molar-refractivity contribution < 1.29 is 4.39 Å². The van der Waals surface area contributed by atoms with E-state index < -0.39 is 0 Å². The Hall–Kier alpha value is -0.600. The quantitative estimate of drug-likeness (QED) is 0.755. The van der Waals surface area contributed by atoms with Crippen LogP contribution in [0, 0.1) is 5.82 Å². The van der Waals surface area contributed by atoms with Crippen LogP contribution in [0.5, 0.6) is 0 Å². The van der Waals surface area contributed by atoms with Gasteiger partial charge in [-0.25, -0.2) is 4.39 Å². The molecule has 0 aliphatic heterocycles. The first-order valence-corrected chi connectivity index (χ1v) is 7.16. The zero-order valence-electron chi connectivity index (χ0n) is 11.5. The monoisotopic (exact) mass is 271 g/mol. The first kappa shape index (κ1) is 15.5. The maximum atomic E-state index is 13.1. The van der Waals surface area contributed by atoms with Gasteiger partial charge in [0.1, 0.15) is 5.82 Å². The Labute approximate surface area is 115 Å². The summed E-state index contributed by atoms with van der Waals surface area (Å²) in [5, 5.41) is 4.09. The lowest BCUT2D eigenvalue weighted by atomic mass is 9.90. The molecule has 2 unspecified atom stereocenters. The van der Waals surface area contributed by atoms with Gasteiger partial charge in [-0.1, -0.05) is 44.9 Å². The molecule has 1 rings (SSSR count). The van der Waals surface area contributed by atoms with Crippen LogP contribution in [0.25, 0.3) is 0 Å². The third kappa shape index (κ3) is 4.25. The van der Waals surface area contributed by atoms with Crippen LogP contribution in [0.3, 0.4) is 0 Å². The van der Waals surface area contributed by atoms with Crippen molar-refractivity contribution in [1.29, 1.82) is 0 Å². The topological polar surface area (TPSA) is 12.0 Å². The van der Waals surface area contributed by atoms with E-state index in [1.54, 1.807) is 6.07 Å². The van der Waals surface area contributed by atoms with E-state index in [4.69, 9.17) is 11.6 Å². The van der Waals surface area contributed by atoms with E-state index >= 15 is 0 Å². The van der Waals surface area contributed by atoms with Gasteiger partial charge in [0.25, 0.3) is 0 Å². The molecule has 0 aliphatic rings. The van der Waals surface area contributed by atoms with Gasteiger partial charge in [-0.3, -0.25) is 0 Å². The van der Waals surface area contributed by atoms with E-state index in [2.05, 4.69) is 26.1 Å². The number of hydrogen-bond donors (Lipinski definition) is 1. The highest BCUT2D eigenvalue weighted by molar-refractivity contribution is 6.31. The van der Waals surface area contributed by atoms with Crippen LogP contribution in [0.1, 0.15) is 51.5 Å². The summed E-state index contributed by atoms with van der Waals surface area (Å²) in [5.41, 5.74) is 1.03. The second-order valence-corrected chi connectivity index (χ2v) is 5.21. The van der Waals surface area contributed by atoms with Gasteiger partial charge in [0.2, 0.25) is 0 Å². The summed E-state index contributed by atoms with van der Waals surface area (Å²) in [7, 11) is 0. The minimum absolute atomic E-state index is 0.274. The third-order valence-corrected chi connectivity index (χ3v) is 3.64. The Morgan fingerprint density at radius 3 is 2.56 bits per heavy atom. The van der Waals surface area contributed by atoms with Crippen molar-refractivity contribution in [3.63, 3.8) is 0 Å². The van der Waals surface area contributed by atoms with Crippen LogP contribution in [0.15, 0.2) is 18.2 Å². The van der Waals surface area contributed by atoms with Crippen LogP contribution < -0.4 is 5.32 Å². The van der Waals surface area contributed by atoms with E-state index in [0.29, 0.717) is 17.0 Å². The zero-order valence-corrected chi connectivity index (χ0v) is 12.2. The lowest BCUT2D eigenvalue weighted by Crippen LogP contribution is -2.34. The molecule has 1 aromatic rings. The number of nitrogens with one attached hydrogen (secondary N) is 1. The summed E-state index contributed by atoms with van der Waals surface area (Å²) >= 11 is 6.13. The predicted octanol–water partition coefficient (Wildman–Crippen LogP) is 4.75. The zero-order chi connectivity index (χ0) is 13.5. The summed E-state index contributed by atoms with van der Waals surface area (Å²) in [4.78, 5) is 0. The van der Waals surface area contributed by atoms with Gasteiger partial charge in [-0.2, -0.15) is 0 Å². The van der Waals surface area contributed by atoms with Crippen molar-refractivity contribution in [1.82, 2.24) is 5.32 Å². The highest BCUT2D eigenvalue weighted by Crippen LogP contribution is 2.29. The molecule has 0 amide bonds. The molecule has 0 radical (unpaired) electrons. The highest BCUT2D eigenvalue weighted by atomic mass is 35.5. The van der Waals surface area contributed by atoms with E-state index in [0.717, 1.165) is 31.4 Å². The van der Waals surface area contributed by atoms with Gasteiger partial charge < -0.3 is 5.32 Å². The van der Waals surface area contributed by atoms with Gasteiger partial charge in [-0.15, -0.1) is 0 Å². The van der Waals surface area contributed by atoms with Crippen molar-refractivity contribution in [2.45, 2.75) is 52.0 Å². The first-order valence-electron chi connectivity index (χ1n) is 6.78. The molecule has 0 saturated heterocycles. The molecule has 1 N–H and O–H groups in total. The van der Waals surface area contributed by atoms with Crippen molar-refractivity contribution in [3.8, 4) is 0 Å². The summed E-state index contributed by atoms with van der Waals surface area (Å²) in [6, 6.07) is 5.09. The fourth-order valence-corrected chi connectivity index (χ4v) is 2.60. The molecule has 0 fully saturated rings. The lowest BCUT2D eigenvalue weighted by Gasteiger charge is -2.26. The van der Waals surface area contributed by atoms with Gasteiger partial charge in [-0.05, 0) is 43.0 Å².